The number of pyridine rings is 1. The van der Waals surface area contributed by atoms with E-state index in [9.17, 15) is 18.0 Å². The molecule has 0 N–H and O–H groups in total. The van der Waals surface area contributed by atoms with Crippen LogP contribution in [0.15, 0.2) is 94.9 Å². The fourth-order valence-corrected chi connectivity index (χ4v) is 6.18. The molecule has 0 unspecified atom stereocenters. The molecule has 2 aromatic heterocycles. The molecule has 0 saturated heterocycles. The summed E-state index contributed by atoms with van der Waals surface area (Å²) in [5.74, 6) is 1.10. The fourth-order valence-electron chi connectivity index (χ4n) is 4.84. The van der Waals surface area contributed by atoms with E-state index in [1.54, 1.807) is 62.8 Å². The highest BCUT2D eigenvalue weighted by Crippen LogP contribution is 2.49. The lowest BCUT2D eigenvalue weighted by molar-refractivity contribution is -0.121. The van der Waals surface area contributed by atoms with Crippen LogP contribution in [-0.4, -0.2) is 36.5 Å². The molecular weight excluding hydrogens is 530 g/mol. The zero-order chi connectivity index (χ0) is 28.2. The van der Waals surface area contributed by atoms with Crippen molar-refractivity contribution in [3.8, 4) is 28.4 Å². The molecule has 6 rings (SSSR count). The molecule has 0 bridgehead atoms. The van der Waals surface area contributed by atoms with Crippen LogP contribution in [0.5, 0.6) is 17.2 Å². The summed E-state index contributed by atoms with van der Waals surface area (Å²) in [7, 11) is -0.857. The molecule has 0 aliphatic carbocycles. The number of benzene rings is 3. The van der Waals surface area contributed by atoms with E-state index in [0.717, 1.165) is 9.54 Å². The lowest BCUT2D eigenvalue weighted by atomic mass is 10.0. The van der Waals surface area contributed by atoms with Gasteiger partial charge in [-0.3, -0.25) is 9.59 Å². The van der Waals surface area contributed by atoms with E-state index in [1.165, 1.54) is 27.8 Å². The monoisotopic (exact) mass is 555 g/mol. The summed E-state index contributed by atoms with van der Waals surface area (Å²) in [6.07, 6.45) is 3.03. The molecule has 0 fully saturated rings. The van der Waals surface area contributed by atoms with Crippen molar-refractivity contribution in [1.29, 1.82) is 0 Å². The number of hydrogen-bond donors (Lipinski definition) is 0. The molecule has 1 aliphatic rings. The van der Waals surface area contributed by atoms with E-state index in [1.807, 2.05) is 25.1 Å². The van der Waals surface area contributed by atoms with Gasteiger partial charge in [-0.15, -0.1) is 0 Å². The Labute approximate surface area is 230 Å². The number of carbonyl (C=O) groups is 1. The molecule has 5 aromatic rings. The number of anilines is 1. The first-order valence-electron chi connectivity index (χ1n) is 12.5. The maximum absolute atomic E-state index is 13.6. The summed E-state index contributed by atoms with van der Waals surface area (Å²) in [6, 6.07) is 20.7. The van der Waals surface area contributed by atoms with Gasteiger partial charge in [-0.25, -0.2) is 12.4 Å². The standard InChI is InChI=1S/C30H25N3O6S/c1-19-9-11-21(12-10-19)40(36,37)33-16-15-22-24(17-31(2)30(35)27(22)33)23-13-14-25-28(32(3)26(34)18-38-25)29(23)39-20-7-5-4-6-8-20/h4-17H,18H2,1-3H3. The van der Waals surface area contributed by atoms with E-state index in [0.29, 0.717) is 39.4 Å². The van der Waals surface area contributed by atoms with Gasteiger partial charge < -0.3 is 18.9 Å². The van der Waals surface area contributed by atoms with Crippen molar-refractivity contribution >= 4 is 32.5 Å². The van der Waals surface area contributed by atoms with Crippen LogP contribution in [0.3, 0.4) is 0 Å². The third-order valence-electron chi connectivity index (χ3n) is 6.97. The Morgan fingerprint density at radius 2 is 1.60 bits per heavy atom. The Bertz CT molecular complexity index is 1960. The molecule has 0 atom stereocenters. The summed E-state index contributed by atoms with van der Waals surface area (Å²) < 4.78 is 41.7. The number of aryl methyl sites for hydroxylation is 2. The van der Waals surface area contributed by atoms with Crippen molar-refractivity contribution in [2.75, 3.05) is 18.6 Å². The number of para-hydroxylation sites is 1. The second-order valence-corrected chi connectivity index (χ2v) is 11.4. The second-order valence-electron chi connectivity index (χ2n) is 9.60. The molecular formula is C30H25N3O6S. The summed E-state index contributed by atoms with van der Waals surface area (Å²) in [5, 5.41) is 0.419. The summed E-state index contributed by atoms with van der Waals surface area (Å²) in [5.41, 5.74) is 1.99. The minimum atomic E-state index is -4.07. The smallest absolute Gasteiger partial charge is 0.275 e. The largest absolute Gasteiger partial charge is 0.481 e. The van der Waals surface area contributed by atoms with Crippen LogP contribution >= 0.6 is 0 Å². The highest BCUT2D eigenvalue weighted by molar-refractivity contribution is 7.90. The van der Waals surface area contributed by atoms with E-state index >= 15 is 0 Å². The van der Waals surface area contributed by atoms with Gasteiger partial charge in [0.2, 0.25) is 0 Å². The van der Waals surface area contributed by atoms with Crippen molar-refractivity contribution in [2.45, 2.75) is 11.8 Å². The number of amides is 1. The molecule has 0 saturated carbocycles. The van der Waals surface area contributed by atoms with Crippen LogP contribution in [-0.2, 0) is 21.9 Å². The number of likely N-dealkylation sites (N-methyl/N-ethyl adjacent to an activating group) is 1. The number of carbonyl (C=O) groups excluding carboxylic acids is 1. The summed E-state index contributed by atoms with van der Waals surface area (Å²) in [6.45, 7) is 1.77. The van der Waals surface area contributed by atoms with Gasteiger partial charge in [-0.2, -0.15) is 0 Å². The molecule has 40 heavy (non-hydrogen) atoms. The lowest BCUT2D eigenvalue weighted by Gasteiger charge is -2.29. The number of rotatable bonds is 5. The zero-order valence-corrected chi connectivity index (χ0v) is 22.8. The molecule has 3 aromatic carbocycles. The van der Waals surface area contributed by atoms with Crippen LogP contribution in [0.4, 0.5) is 5.69 Å². The second kappa shape index (κ2) is 9.42. The maximum Gasteiger partial charge on any atom is 0.275 e. The molecule has 1 aliphatic heterocycles. The molecule has 202 valence electrons. The van der Waals surface area contributed by atoms with Gasteiger partial charge in [-0.05, 0) is 49.4 Å². The highest BCUT2D eigenvalue weighted by atomic mass is 32.2. The van der Waals surface area contributed by atoms with Crippen LogP contribution in [0, 0.1) is 6.92 Å². The lowest BCUT2D eigenvalue weighted by Crippen LogP contribution is -2.35. The third-order valence-corrected chi connectivity index (χ3v) is 8.66. The fraction of sp³-hybridized carbons (Fsp3) is 0.133. The van der Waals surface area contributed by atoms with Gasteiger partial charge in [0.05, 0.1) is 4.90 Å². The van der Waals surface area contributed by atoms with Gasteiger partial charge in [0, 0.05) is 43.0 Å². The van der Waals surface area contributed by atoms with Gasteiger partial charge >= 0.3 is 0 Å². The van der Waals surface area contributed by atoms with Gasteiger partial charge in [0.1, 0.15) is 22.7 Å². The average molecular weight is 556 g/mol. The van der Waals surface area contributed by atoms with Crippen LogP contribution < -0.4 is 19.9 Å². The number of ether oxygens (including phenoxy) is 2. The highest BCUT2D eigenvalue weighted by Gasteiger charge is 2.30. The van der Waals surface area contributed by atoms with E-state index < -0.39 is 15.6 Å². The van der Waals surface area contributed by atoms with Crippen molar-refractivity contribution in [2.24, 2.45) is 7.05 Å². The van der Waals surface area contributed by atoms with E-state index in [2.05, 4.69) is 0 Å². The quantitative estimate of drug-likeness (QED) is 0.312. The minimum absolute atomic E-state index is 0.00429. The topological polar surface area (TPSA) is 99.8 Å². The SMILES string of the molecule is Cc1ccc(S(=O)(=O)n2ccc3c(-c4ccc5c(c4Oc4ccccc4)N(C)C(=O)CO5)cn(C)c(=O)c32)cc1. The first kappa shape index (κ1) is 25.4. The first-order valence-corrected chi connectivity index (χ1v) is 13.9. The Morgan fingerprint density at radius 1 is 0.875 bits per heavy atom. The zero-order valence-electron chi connectivity index (χ0n) is 22.0. The Kier molecular flexibility index (Phi) is 5.99. The van der Waals surface area contributed by atoms with Gasteiger partial charge in [0.25, 0.3) is 21.5 Å². The van der Waals surface area contributed by atoms with Crippen LogP contribution in [0.1, 0.15) is 5.56 Å². The Morgan fingerprint density at radius 3 is 2.33 bits per heavy atom. The number of aromatic nitrogens is 2. The molecule has 3 heterocycles. The molecule has 0 spiro atoms. The number of fused-ring (bicyclic) bond motifs is 2. The van der Waals surface area contributed by atoms with Gasteiger partial charge in [0.15, 0.2) is 12.4 Å². The van der Waals surface area contributed by atoms with Crippen molar-refractivity contribution in [1.82, 2.24) is 8.54 Å². The number of nitrogens with zero attached hydrogens (tertiary/aromatic N) is 3. The minimum Gasteiger partial charge on any atom is -0.481 e. The first-order chi connectivity index (χ1) is 19.2. The Balaban J connectivity index is 1.63. The molecule has 1 amide bonds. The summed E-state index contributed by atoms with van der Waals surface area (Å²) in [4.78, 5) is 27.6. The predicted molar refractivity (Wildman–Crippen MR) is 152 cm³/mol. The Hall–Kier alpha value is -4.83. The van der Waals surface area contributed by atoms with Crippen molar-refractivity contribution in [3.05, 3.63) is 101 Å². The molecule has 10 heteroatoms. The third kappa shape index (κ3) is 4.04. The number of hydrogen-bond acceptors (Lipinski definition) is 6. The molecule has 9 nitrogen and oxygen atoms in total. The van der Waals surface area contributed by atoms with Crippen LogP contribution in [0.25, 0.3) is 22.0 Å². The maximum atomic E-state index is 13.6. The van der Waals surface area contributed by atoms with Crippen molar-refractivity contribution < 1.29 is 22.7 Å². The average Bonchev–Trinajstić information content (AvgIpc) is 3.40. The van der Waals surface area contributed by atoms with E-state index in [-0.39, 0.29) is 22.9 Å². The molecule has 0 radical (unpaired) electrons. The van der Waals surface area contributed by atoms with Crippen molar-refractivity contribution in [3.63, 3.8) is 0 Å². The van der Waals surface area contributed by atoms with E-state index in [4.69, 9.17) is 9.47 Å². The van der Waals surface area contributed by atoms with Gasteiger partial charge in [-0.1, -0.05) is 35.9 Å². The van der Waals surface area contributed by atoms with Crippen LogP contribution in [0.2, 0.25) is 0 Å². The normalized spacial score (nSPS) is 13.3. The summed E-state index contributed by atoms with van der Waals surface area (Å²) >= 11 is 0. The predicted octanol–water partition coefficient (Wildman–Crippen LogP) is 4.70.